The van der Waals surface area contributed by atoms with E-state index in [1.54, 1.807) is 18.2 Å². The lowest BCUT2D eigenvalue weighted by Crippen LogP contribution is -2.49. The molecule has 0 bridgehead atoms. The zero-order valence-electron chi connectivity index (χ0n) is 14.6. The molecule has 0 saturated carbocycles. The predicted molar refractivity (Wildman–Crippen MR) is 103 cm³/mol. The van der Waals surface area contributed by atoms with Crippen LogP contribution in [-0.2, 0) is 6.54 Å². The Hall–Kier alpha value is -1.49. The smallest absolute Gasteiger partial charge is 0.255 e. The number of benzene rings is 1. The summed E-state index contributed by atoms with van der Waals surface area (Å²) in [5, 5.41) is 0.959. The number of carbonyl (C=O) groups excluding carboxylic acids is 1. The Labute approximate surface area is 158 Å². The topological polar surface area (TPSA) is 28.5 Å². The molecule has 1 aliphatic rings. The maximum Gasteiger partial charge on any atom is 0.255 e. The number of halogens is 2. The highest BCUT2D eigenvalue weighted by atomic mass is 35.5. The molecule has 1 saturated heterocycles. The van der Waals surface area contributed by atoms with E-state index in [1.807, 2.05) is 4.90 Å². The standard InChI is InChI=1S/C19H23Cl2N3O/c1-14-3-4-15(2)24(14)12-9-22-7-10-23(11-8-22)19(25)17-6-5-16(20)13-18(17)21/h3-6,13H,7-12H2,1-2H3. The van der Waals surface area contributed by atoms with Gasteiger partial charge < -0.3 is 9.47 Å². The van der Waals surface area contributed by atoms with Gasteiger partial charge in [0.25, 0.3) is 5.91 Å². The van der Waals surface area contributed by atoms with Crippen LogP contribution in [0.2, 0.25) is 10.0 Å². The van der Waals surface area contributed by atoms with Crippen LogP contribution in [0.1, 0.15) is 21.7 Å². The number of piperazine rings is 1. The fourth-order valence-electron chi connectivity index (χ4n) is 3.30. The summed E-state index contributed by atoms with van der Waals surface area (Å²) < 4.78 is 2.34. The van der Waals surface area contributed by atoms with Crippen LogP contribution >= 0.6 is 23.2 Å². The highest BCUT2D eigenvalue weighted by Gasteiger charge is 2.23. The molecule has 0 unspecified atom stereocenters. The van der Waals surface area contributed by atoms with Crippen molar-refractivity contribution in [3.05, 3.63) is 57.3 Å². The average molecular weight is 380 g/mol. The van der Waals surface area contributed by atoms with Gasteiger partial charge in [-0.2, -0.15) is 0 Å². The molecule has 1 amide bonds. The van der Waals surface area contributed by atoms with Crippen molar-refractivity contribution in [1.29, 1.82) is 0 Å². The quantitative estimate of drug-likeness (QED) is 0.806. The molecule has 3 rings (SSSR count). The van der Waals surface area contributed by atoms with Gasteiger partial charge in [-0.25, -0.2) is 0 Å². The number of amides is 1. The maximum atomic E-state index is 12.6. The Bertz CT molecular complexity index is 745. The Morgan fingerprint density at radius 1 is 0.960 bits per heavy atom. The van der Waals surface area contributed by atoms with Crippen LogP contribution in [0.3, 0.4) is 0 Å². The summed E-state index contributed by atoms with van der Waals surface area (Å²) in [4.78, 5) is 16.9. The van der Waals surface area contributed by atoms with Crippen LogP contribution in [0.25, 0.3) is 0 Å². The summed E-state index contributed by atoms with van der Waals surface area (Å²) in [6.07, 6.45) is 0. The number of aromatic nitrogens is 1. The molecule has 0 aliphatic carbocycles. The molecule has 2 aromatic rings. The van der Waals surface area contributed by atoms with Gasteiger partial charge in [0.1, 0.15) is 0 Å². The zero-order chi connectivity index (χ0) is 18.0. The largest absolute Gasteiger partial charge is 0.348 e. The lowest BCUT2D eigenvalue weighted by atomic mass is 10.2. The number of aryl methyl sites for hydroxylation is 2. The van der Waals surface area contributed by atoms with Crippen molar-refractivity contribution in [3.63, 3.8) is 0 Å². The molecule has 2 heterocycles. The number of hydrogen-bond acceptors (Lipinski definition) is 2. The highest BCUT2D eigenvalue weighted by molar-refractivity contribution is 6.36. The molecule has 0 N–H and O–H groups in total. The lowest BCUT2D eigenvalue weighted by molar-refractivity contribution is 0.0633. The monoisotopic (exact) mass is 379 g/mol. The molecule has 0 radical (unpaired) electrons. The molecule has 1 aliphatic heterocycles. The van der Waals surface area contributed by atoms with E-state index in [4.69, 9.17) is 23.2 Å². The van der Waals surface area contributed by atoms with Crippen LogP contribution in [0.5, 0.6) is 0 Å². The van der Waals surface area contributed by atoms with E-state index >= 15 is 0 Å². The van der Waals surface area contributed by atoms with Crippen LogP contribution in [0.15, 0.2) is 30.3 Å². The summed E-state index contributed by atoms with van der Waals surface area (Å²) in [5.74, 6) is -0.0154. The molecular formula is C19H23Cl2N3O. The number of hydrogen-bond donors (Lipinski definition) is 0. The highest BCUT2D eigenvalue weighted by Crippen LogP contribution is 2.22. The van der Waals surface area contributed by atoms with Crippen LogP contribution < -0.4 is 0 Å². The van der Waals surface area contributed by atoms with Crippen LogP contribution in [-0.4, -0.2) is 53.0 Å². The minimum absolute atomic E-state index is 0.0154. The summed E-state index contributed by atoms with van der Waals surface area (Å²) >= 11 is 12.1. The van der Waals surface area contributed by atoms with Gasteiger partial charge in [-0.1, -0.05) is 23.2 Å². The summed E-state index contributed by atoms with van der Waals surface area (Å²) in [6, 6.07) is 9.34. The zero-order valence-corrected chi connectivity index (χ0v) is 16.1. The number of rotatable bonds is 4. The van der Waals surface area contributed by atoms with Crippen molar-refractivity contribution in [2.45, 2.75) is 20.4 Å². The Kier molecular flexibility index (Phi) is 5.72. The van der Waals surface area contributed by atoms with Gasteiger partial charge in [-0.15, -0.1) is 0 Å². The fourth-order valence-corrected chi connectivity index (χ4v) is 3.79. The summed E-state index contributed by atoms with van der Waals surface area (Å²) in [5.41, 5.74) is 3.12. The summed E-state index contributed by atoms with van der Waals surface area (Å²) in [6.45, 7) is 9.48. The van der Waals surface area contributed by atoms with E-state index in [-0.39, 0.29) is 5.91 Å². The predicted octanol–water partition coefficient (Wildman–Crippen LogP) is 3.87. The second kappa shape index (κ2) is 7.81. The van der Waals surface area contributed by atoms with Crippen molar-refractivity contribution in [2.75, 3.05) is 32.7 Å². The van der Waals surface area contributed by atoms with Gasteiger partial charge in [0.2, 0.25) is 0 Å². The van der Waals surface area contributed by atoms with Gasteiger partial charge in [0.15, 0.2) is 0 Å². The normalized spacial score (nSPS) is 15.6. The van der Waals surface area contributed by atoms with E-state index < -0.39 is 0 Å². The van der Waals surface area contributed by atoms with Crippen LogP contribution in [0, 0.1) is 13.8 Å². The second-order valence-electron chi connectivity index (χ2n) is 6.53. The second-order valence-corrected chi connectivity index (χ2v) is 7.37. The maximum absolute atomic E-state index is 12.6. The first-order valence-electron chi connectivity index (χ1n) is 8.55. The summed E-state index contributed by atoms with van der Waals surface area (Å²) in [7, 11) is 0. The van der Waals surface area contributed by atoms with E-state index in [0.717, 1.165) is 39.3 Å². The van der Waals surface area contributed by atoms with Gasteiger partial charge in [0, 0.05) is 55.7 Å². The number of carbonyl (C=O) groups is 1. The minimum Gasteiger partial charge on any atom is -0.348 e. The van der Waals surface area contributed by atoms with E-state index in [9.17, 15) is 4.79 Å². The van der Waals surface area contributed by atoms with Crippen molar-refractivity contribution < 1.29 is 4.79 Å². The van der Waals surface area contributed by atoms with E-state index in [1.165, 1.54) is 11.4 Å². The van der Waals surface area contributed by atoms with E-state index in [2.05, 4.69) is 35.4 Å². The molecular weight excluding hydrogens is 357 g/mol. The molecule has 1 aromatic heterocycles. The van der Waals surface area contributed by atoms with Crippen molar-refractivity contribution in [1.82, 2.24) is 14.4 Å². The molecule has 0 spiro atoms. The first-order chi connectivity index (χ1) is 12.0. The van der Waals surface area contributed by atoms with Crippen molar-refractivity contribution in [2.24, 2.45) is 0 Å². The third-order valence-corrected chi connectivity index (χ3v) is 5.43. The fraction of sp³-hybridized carbons (Fsp3) is 0.421. The Morgan fingerprint density at radius 2 is 1.60 bits per heavy atom. The van der Waals surface area contributed by atoms with Gasteiger partial charge in [0.05, 0.1) is 10.6 Å². The number of nitrogens with zero attached hydrogens (tertiary/aromatic N) is 3. The third-order valence-electron chi connectivity index (χ3n) is 4.88. The van der Waals surface area contributed by atoms with Gasteiger partial charge in [-0.3, -0.25) is 9.69 Å². The molecule has 134 valence electrons. The molecule has 4 nitrogen and oxygen atoms in total. The average Bonchev–Trinajstić information content (AvgIpc) is 2.91. The van der Waals surface area contributed by atoms with E-state index in [0.29, 0.717) is 15.6 Å². The SMILES string of the molecule is Cc1ccc(C)n1CCN1CCN(C(=O)c2ccc(Cl)cc2Cl)CC1. The first kappa shape index (κ1) is 18.3. The molecule has 6 heteroatoms. The molecule has 0 atom stereocenters. The van der Waals surface area contributed by atoms with Gasteiger partial charge in [-0.05, 0) is 44.2 Å². The lowest BCUT2D eigenvalue weighted by Gasteiger charge is -2.35. The minimum atomic E-state index is -0.0154. The molecule has 1 aromatic carbocycles. The first-order valence-corrected chi connectivity index (χ1v) is 9.30. The van der Waals surface area contributed by atoms with Crippen molar-refractivity contribution >= 4 is 29.1 Å². The third kappa shape index (κ3) is 4.20. The van der Waals surface area contributed by atoms with Gasteiger partial charge >= 0.3 is 0 Å². The Balaban J connectivity index is 1.54. The molecule has 1 fully saturated rings. The molecule has 25 heavy (non-hydrogen) atoms. The van der Waals surface area contributed by atoms with Crippen LogP contribution in [0.4, 0.5) is 0 Å². The van der Waals surface area contributed by atoms with Crippen molar-refractivity contribution in [3.8, 4) is 0 Å². The Morgan fingerprint density at radius 3 is 2.20 bits per heavy atom.